The molecule has 0 spiro atoms. The van der Waals surface area contributed by atoms with Crippen molar-refractivity contribution in [3.05, 3.63) is 42.1 Å². The van der Waals surface area contributed by atoms with Crippen LogP contribution in [0.15, 0.2) is 36.5 Å². The molecule has 2 aromatic rings. The third-order valence-electron chi connectivity index (χ3n) is 6.53. The van der Waals surface area contributed by atoms with Gasteiger partial charge in [0, 0.05) is 23.9 Å². The van der Waals surface area contributed by atoms with Crippen molar-refractivity contribution in [2.45, 2.75) is 123 Å². The summed E-state index contributed by atoms with van der Waals surface area (Å²) in [6.45, 7) is 4.74. The minimum Gasteiger partial charge on any atom is -1.00 e. The number of nitrogens with zero attached hydrogens (tertiary/aromatic N) is 1. The largest absolute Gasteiger partial charge is 1.00 e. The summed E-state index contributed by atoms with van der Waals surface area (Å²) in [6, 6.07) is 11.1. The van der Waals surface area contributed by atoms with Gasteiger partial charge in [-0.2, -0.15) is 4.57 Å². The zero-order valence-corrected chi connectivity index (χ0v) is 21.7. The van der Waals surface area contributed by atoms with Gasteiger partial charge in [-0.3, -0.25) is 0 Å². The van der Waals surface area contributed by atoms with E-state index in [4.69, 9.17) is 0 Å². The van der Waals surface area contributed by atoms with Crippen molar-refractivity contribution in [2.24, 2.45) is 0 Å². The molecule has 0 bridgehead atoms. The average molecular weight is 493 g/mol. The number of benzene rings is 1. The second kappa shape index (κ2) is 17.6. The molecule has 0 saturated carbocycles. The Balaban J connectivity index is 0.00000480. The van der Waals surface area contributed by atoms with E-state index in [1.54, 1.807) is 0 Å². The average Bonchev–Trinajstić information content (AvgIpc) is 2.78. The smallest absolute Gasteiger partial charge is 0.212 e. The van der Waals surface area contributed by atoms with Crippen LogP contribution in [0.4, 0.5) is 0 Å². The summed E-state index contributed by atoms with van der Waals surface area (Å²) in [6.07, 6.45) is 23.3. The second-order valence-electron chi connectivity index (χ2n) is 9.20. The summed E-state index contributed by atoms with van der Waals surface area (Å²) < 4.78 is 2.40. The van der Waals surface area contributed by atoms with Crippen LogP contribution in [0.3, 0.4) is 0 Å². The molecule has 1 unspecified atom stereocenters. The van der Waals surface area contributed by atoms with Gasteiger partial charge in [0.2, 0.25) is 5.52 Å². The first-order chi connectivity index (χ1) is 14.8. The van der Waals surface area contributed by atoms with Gasteiger partial charge in [-0.1, -0.05) is 96.5 Å². The maximum absolute atomic E-state index is 9.36. The van der Waals surface area contributed by atoms with E-state index in [1.165, 1.54) is 107 Å². The summed E-state index contributed by atoms with van der Waals surface area (Å²) in [5.74, 6) is 0. The lowest BCUT2D eigenvalue weighted by molar-refractivity contribution is -0.695. The lowest BCUT2D eigenvalue weighted by Gasteiger charge is -2.10. The van der Waals surface area contributed by atoms with E-state index in [9.17, 15) is 5.11 Å². The quantitative estimate of drug-likeness (QED) is 0.242. The van der Waals surface area contributed by atoms with Gasteiger partial charge in [-0.05, 0) is 31.0 Å². The molecule has 1 aromatic carbocycles. The van der Waals surface area contributed by atoms with E-state index in [-0.39, 0.29) is 23.6 Å². The van der Waals surface area contributed by atoms with Crippen LogP contribution >= 0.6 is 0 Å². The van der Waals surface area contributed by atoms with E-state index >= 15 is 0 Å². The van der Waals surface area contributed by atoms with E-state index in [0.29, 0.717) is 6.04 Å². The Labute approximate surface area is 202 Å². The molecule has 1 aromatic heterocycles. The predicted octanol–water partition coefficient (Wildman–Crippen LogP) is 5.06. The third-order valence-corrected chi connectivity index (χ3v) is 6.53. The molecule has 176 valence electrons. The number of unbranched alkanes of at least 4 members (excludes halogenated alkanes) is 13. The maximum Gasteiger partial charge on any atom is 0.212 e. The minimum absolute atomic E-state index is 0. The third kappa shape index (κ3) is 11.0. The Morgan fingerprint density at radius 2 is 1.32 bits per heavy atom. The summed E-state index contributed by atoms with van der Waals surface area (Å²) in [5.41, 5.74) is 2.26. The molecule has 2 nitrogen and oxygen atoms in total. The Kier molecular flexibility index (Phi) is 16.0. The van der Waals surface area contributed by atoms with Crippen LogP contribution in [-0.4, -0.2) is 5.11 Å². The van der Waals surface area contributed by atoms with Gasteiger partial charge in [-0.15, -0.1) is 0 Å². The van der Waals surface area contributed by atoms with Gasteiger partial charge < -0.3 is 22.1 Å². The van der Waals surface area contributed by atoms with Crippen LogP contribution in [0.5, 0.6) is 0 Å². The Bertz CT molecular complexity index is 702. The zero-order valence-electron chi connectivity index (χ0n) is 20.1. The van der Waals surface area contributed by atoms with Crippen molar-refractivity contribution >= 4 is 10.9 Å². The molecule has 0 fully saturated rings. The monoisotopic (exact) mass is 491 g/mol. The topological polar surface area (TPSA) is 24.1 Å². The number of rotatable bonds is 17. The molecule has 2 rings (SSSR count). The number of fused-ring (bicyclic) bond motifs is 1. The lowest BCUT2D eigenvalue weighted by atomic mass is 10.0. The fourth-order valence-electron chi connectivity index (χ4n) is 4.55. The molecule has 0 saturated heterocycles. The standard InChI is InChI=1S/C28H46NO.BrH/c1-3-4-5-6-7-8-9-10-11-12-13-14-15-16-18-25(2)29-22-17-19-27-23-26(24-30)20-21-28(27)29;/h17,19-23,25,30H,3-16,18,24H2,1-2H3;1H/q+1;/p-1. The fraction of sp³-hybridized carbons (Fsp3) is 0.679. The van der Waals surface area contributed by atoms with Crippen molar-refractivity contribution < 1.29 is 26.7 Å². The van der Waals surface area contributed by atoms with Crippen LogP contribution in [0.1, 0.15) is 122 Å². The highest BCUT2D eigenvalue weighted by Crippen LogP contribution is 2.18. The minimum atomic E-state index is 0. The van der Waals surface area contributed by atoms with Gasteiger partial charge in [0.15, 0.2) is 12.2 Å². The van der Waals surface area contributed by atoms with Crippen molar-refractivity contribution in [3.8, 4) is 0 Å². The number of hydrogen-bond donors (Lipinski definition) is 1. The first-order valence-electron chi connectivity index (χ1n) is 12.8. The maximum atomic E-state index is 9.36. The molecule has 31 heavy (non-hydrogen) atoms. The number of aliphatic hydroxyl groups is 1. The van der Waals surface area contributed by atoms with Crippen LogP contribution in [0.25, 0.3) is 10.9 Å². The van der Waals surface area contributed by atoms with Gasteiger partial charge in [0.25, 0.3) is 0 Å². The van der Waals surface area contributed by atoms with Gasteiger partial charge in [0.1, 0.15) is 0 Å². The second-order valence-corrected chi connectivity index (χ2v) is 9.20. The van der Waals surface area contributed by atoms with E-state index in [2.05, 4.69) is 48.9 Å². The van der Waals surface area contributed by atoms with Crippen molar-refractivity contribution in [2.75, 3.05) is 0 Å². The van der Waals surface area contributed by atoms with Gasteiger partial charge >= 0.3 is 0 Å². The molecule has 3 heteroatoms. The van der Waals surface area contributed by atoms with Crippen LogP contribution in [-0.2, 0) is 6.61 Å². The number of pyridine rings is 1. The van der Waals surface area contributed by atoms with Gasteiger partial charge in [0.05, 0.1) is 6.61 Å². The fourth-order valence-corrected chi connectivity index (χ4v) is 4.55. The lowest BCUT2D eigenvalue weighted by Crippen LogP contribution is -3.00. The van der Waals surface area contributed by atoms with E-state index in [1.807, 2.05) is 6.07 Å². The number of aliphatic hydroxyl groups excluding tert-OH is 1. The molecule has 0 amide bonds. The number of halogens is 1. The van der Waals surface area contributed by atoms with Crippen molar-refractivity contribution in [1.29, 1.82) is 0 Å². The van der Waals surface area contributed by atoms with Crippen molar-refractivity contribution in [3.63, 3.8) is 0 Å². The van der Waals surface area contributed by atoms with Crippen LogP contribution in [0.2, 0.25) is 0 Å². The summed E-state index contributed by atoms with van der Waals surface area (Å²) in [4.78, 5) is 0. The number of hydrogen-bond acceptors (Lipinski definition) is 1. The highest BCUT2D eigenvalue weighted by atomic mass is 79.9. The number of aromatic nitrogens is 1. The Morgan fingerprint density at radius 3 is 1.87 bits per heavy atom. The van der Waals surface area contributed by atoms with E-state index in [0.717, 1.165) is 5.56 Å². The highest BCUT2D eigenvalue weighted by molar-refractivity contribution is 5.76. The molecule has 1 heterocycles. The normalized spacial score (nSPS) is 12.1. The molecule has 0 aliphatic carbocycles. The van der Waals surface area contributed by atoms with Crippen LogP contribution in [0, 0.1) is 0 Å². The molecule has 1 N–H and O–H groups in total. The summed E-state index contributed by atoms with van der Waals surface area (Å²) in [7, 11) is 0. The predicted molar refractivity (Wildman–Crippen MR) is 130 cm³/mol. The molecule has 1 atom stereocenters. The molecule has 0 aliphatic heterocycles. The first kappa shape index (κ1) is 28.1. The molecular formula is C28H46BrNO. The zero-order chi connectivity index (χ0) is 21.4. The Hall–Kier alpha value is -0.930. The van der Waals surface area contributed by atoms with Crippen molar-refractivity contribution in [1.82, 2.24) is 0 Å². The molecule has 0 radical (unpaired) electrons. The van der Waals surface area contributed by atoms with Crippen LogP contribution < -0.4 is 21.5 Å². The first-order valence-corrected chi connectivity index (χ1v) is 12.8. The Morgan fingerprint density at radius 1 is 0.774 bits per heavy atom. The summed E-state index contributed by atoms with van der Waals surface area (Å²) >= 11 is 0. The SMILES string of the molecule is CCCCCCCCCCCCCCCCC(C)[n+]1cccc2cc(CO)ccc21.[Br-]. The molecular weight excluding hydrogens is 446 g/mol. The van der Waals surface area contributed by atoms with Gasteiger partial charge in [-0.25, -0.2) is 0 Å². The molecule has 0 aliphatic rings. The van der Waals surface area contributed by atoms with E-state index < -0.39 is 0 Å². The summed E-state index contributed by atoms with van der Waals surface area (Å²) in [5, 5.41) is 10.6. The highest BCUT2D eigenvalue weighted by Gasteiger charge is 2.16.